The lowest BCUT2D eigenvalue weighted by Crippen LogP contribution is -2.29. The van der Waals surface area contributed by atoms with E-state index in [1.54, 1.807) is 11.3 Å². The van der Waals surface area contributed by atoms with Crippen LogP contribution in [0.15, 0.2) is 22.7 Å². The van der Waals surface area contributed by atoms with Gasteiger partial charge in [-0.05, 0) is 65.4 Å². The summed E-state index contributed by atoms with van der Waals surface area (Å²) in [6, 6.07) is 3.98. The average molecular weight is 373 g/mol. The zero-order valence-corrected chi connectivity index (χ0v) is 13.7. The van der Waals surface area contributed by atoms with Crippen LogP contribution >= 0.6 is 27.3 Å². The summed E-state index contributed by atoms with van der Waals surface area (Å²) in [5.41, 5.74) is 3.81. The summed E-state index contributed by atoms with van der Waals surface area (Å²) in [5.74, 6) is 4.39. The van der Waals surface area contributed by atoms with Crippen LogP contribution in [0.4, 0.5) is 8.78 Å². The second-order valence-corrected chi connectivity index (χ2v) is 7.18. The molecule has 1 aliphatic rings. The van der Waals surface area contributed by atoms with Crippen LogP contribution in [0.1, 0.15) is 39.8 Å². The molecular formula is C15H15BrF2N2S. The highest BCUT2D eigenvalue weighted by molar-refractivity contribution is 9.10. The minimum Gasteiger partial charge on any atom is -0.271 e. The maximum atomic E-state index is 14.3. The molecule has 3 N–H and O–H groups in total. The van der Waals surface area contributed by atoms with Crippen LogP contribution in [0, 0.1) is 11.6 Å². The molecule has 112 valence electrons. The molecule has 0 amide bonds. The predicted octanol–water partition coefficient (Wildman–Crippen LogP) is 4.22. The molecule has 1 aromatic heterocycles. The molecule has 1 aromatic carbocycles. The van der Waals surface area contributed by atoms with E-state index in [1.807, 2.05) is 6.07 Å². The Bertz CT molecular complexity index is 648. The van der Waals surface area contributed by atoms with Gasteiger partial charge in [0.25, 0.3) is 0 Å². The van der Waals surface area contributed by atoms with Crippen molar-refractivity contribution >= 4 is 27.3 Å². The SMILES string of the molecule is NNC(c1cc2c(s1)CCCC2)c1c(F)ccc(Br)c1F. The smallest absolute Gasteiger partial charge is 0.145 e. The van der Waals surface area contributed by atoms with E-state index in [0.29, 0.717) is 0 Å². The number of hydrogen-bond donors (Lipinski definition) is 2. The highest BCUT2D eigenvalue weighted by Gasteiger charge is 2.26. The van der Waals surface area contributed by atoms with E-state index in [4.69, 9.17) is 5.84 Å². The summed E-state index contributed by atoms with van der Waals surface area (Å²) in [4.78, 5) is 2.17. The molecule has 6 heteroatoms. The number of benzene rings is 1. The molecule has 3 rings (SSSR count). The van der Waals surface area contributed by atoms with Gasteiger partial charge in [-0.3, -0.25) is 5.84 Å². The van der Waals surface area contributed by atoms with Crippen LogP contribution in [0.5, 0.6) is 0 Å². The van der Waals surface area contributed by atoms with Crippen molar-refractivity contribution in [3.63, 3.8) is 0 Å². The van der Waals surface area contributed by atoms with Gasteiger partial charge in [-0.2, -0.15) is 0 Å². The summed E-state index contributed by atoms with van der Waals surface area (Å²) in [5, 5.41) is 0. The van der Waals surface area contributed by atoms with E-state index in [-0.39, 0.29) is 10.0 Å². The Morgan fingerprint density at radius 3 is 2.71 bits per heavy atom. The Kier molecular flexibility index (Phi) is 4.40. The van der Waals surface area contributed by atoms with Gasteiger partial charge in [0.05, 0.1) is 10.5 Å². The van der Waals surface area contributed by atoms with Crippen molar-refractivity contribution in [2.75, 3.05) is 0 Å². The third kappa shape index (κ3) is 2.77. The number of hydrazine groups is 1. The standard InChI is InChI=1S/C15H15BrF2N2S/c16-9-5-6-10(17)13(14(9)18)15(20-19)12-7-8-3-1-2-4-11(8)21-12/h5-7,15,20H,1-4,19H2. The maximum Gasteiger partial charge on any atom is 0.145 e. The van der Waals surface area contributed by atoms with Gasteiger partial charge in [0, 0.05) is 15.3 Å². The molecule has 21 heavy (non-hydrogen) atoms. The molecular weight excluding hydrogens is 358 g/mol. The van der Waals surface area contributed by atoms with Crippen molar-refractivity contribution in [2.45, 2.75) is 31.7 Å². The molecule has 0 aliphatic heterocycles. The number of nitrogens with one attached hydrogen (secondary N) is 1. The van der Waals surface area contributed by atoms with Crippen LogP contribution in [0.25, 0.3) is 0 Å². The van der Waals surface area contributed by atoms with E-state index in [0.717, 1.165) is 17.7 Å². The van der Waals surface area contributed by atoms with E-state index in [9.17, 15) is 8.78 Å². The molecule has 1 aliphatic carbocycles. The monoisotopic (exact) mass is 372 g/mol. The van der Waals surface area contributed by atoms with Crippen molar-refractivity contribution in [3.8, 4) is 0 Å². The van der Waals surface area contributed by atoms with Crippen LogP contribution in [0.3, 0.4) is 0 Å². The number of nitrogens with two attached hydrogens (primary N) is 1. The minimum atomic E-state index is -0.668. The highest BCUT2D eigenvalue weighted by Crippen LogP contribution is 2.37. The Balaban J connectivity index is 2.06. The molecule has 1 heterocycles. The number of fused-ring (bicyclic) bond motifs is 1. The molecule has 0 spiro atoms. The Hall–Kier alpha value is -0.820. The third-order valence-electron chi connectivity index (χ3n) is 3.83. The van der Waals surface area contributed by atoms with Gasteiger partial charge >= 0.3 is 0 Å². The largest absolute Gasteiger partial charge is 0.271 e. The van der Waals surface area contributed by atoms with Gasteiger partial charge in [0.2, 0.25) is 0 Å². The number of halogens is 3. The fraction of sp³-hybridized carbons (Fsp3) is 0.333. The quantitative estimate of drug-likeness (QED) is 0.480. The van der Waals surface area contributed by atoms with E-state index in [1.165, 1.54) is 35.4 Å². The van der Waals surface area contributed by atoms with Gasteiger partial charge in [-0.15, -0.1) is 11.3 Å². The second kappa shape index (κ2) is 6.12. The van der Waals surface area contributed by atoms with Crippen molar-refractivity contribution in [3.05, 3.63) is 55.2 Å². The fourth-order valence-corrected chi connectivity index (χ4v) is 4.44. The summed E-state index contributed by atoms with van der Waals surface area (Å²) in [6.45, 7) is 0. The number of rotatable bonds is 3. The summed E-state index contributed by atoms with van der Waals surface area (Å²) in [6.07, 6.45) is 4.42. The maximum absolute atomic E-state index is 14.3. The lowest BCUT2D eigenvalue weighted by molar-refractivity contribution is 0.510. The minimum absolute atomic E-state index is 0.0366. The van der Waals surface area contributed by atoms with Crippen molar-refractivity contribution in [2.24, 2.45) is 5.84 Å². The Morgan fingerprint density at radius 1 is 1.24 bits per heavy atom. The second-order valence-electron chi connectivity index (χ2n) is 5.16. The summed E-state index contributed by atoms with van der Waals surface area (Å²) < 4.78 is 28.6. The lowest BCUT2D eigenvalue weighted by Gasteiger charge is -2.17. The molecule has 2 aromatic rings. The van der Waals surface area contributed by atoms with Gasteiger partial charge in [-0.25, -0.2) is 14.2 Å². The fourth-order valence-electron chi connectivity index (χ4n) is 2.77. The zero-order chi connectivity index (χ0) is 15.0. The van der Waals surface area contributed by atoms with Crippen molar-refractivity contribution in [1.29, 1.82) is 0 Å². The summed E-state index contributed by atoms with van der Waals surface area (Å²) in [7, 11) is 0. The first-order chi connectivity index (χ1) is 10.1. The molecule has 0 saturated carbocycles. The first-order valence-corrected chi connectivity index (χ1v) is 8.43. The molecule has 2 nitrogen and oxygen atoms in total. The van der Waals surface area contributed by atoms with Gasteiger partial charge < -0.3 is 0 Å². The van der Waals surface area contributed by atoms with Gasteiger partial charge in [0.1, 0.15) is 11.6 Å². The zero-order valence-electron chi connectivity index (χ0n) is 11.3. The van der Waals surface area contributed by atoms with Crippen LogP contribution in [0.2, 0.25) is 0 Å². The van der Waals surface area contributed by atoms with Crippen LogP contribution < -0.4 is 11.3 Å². The third-order valence-corrected chi connectivity index (χ3v) is 5.75. The van der Waals surface area contributed by atoms with Gasteiger partial charge in [-0.1, -0.05) is 0 Å². The topological polar surface area (TPSA) is 38.0 Å². The van der Waals surface area contributed by atoms with Crippen LogP contribution in [-0.2, 0) is 12.8 Å². The lowest BCUT2D eigenvalue weighted by atomic mass is 9.97. The predicted molar refractivity (Wildman–Crippen MR) is 84.2 cm³/mol. The molecule has 0 fully saturated rings. The first kappa shape index (κ1) is 15.1. The van der Waals surface area contributed by atoms with Gasteiger partial charge in [0.15, 0.2) is 0 Å². The van der Waals surface area contributed by atoms with Crippen molar-refractivity contribution in [1.82, 2.24) is 5.43 Å². The number of aryl methyl sites for hydroxylation is 2. The normalized spacial score (nSPS) is 15.8. The average Bonchev–Trinajstić information content (AvgIpc) is 2.91. The number of thiophene rings is 1. The number of hydrogen-bond acceptors (Lipinski definition) is 3. The van der Waals surface area contributed by atoms with Crippen molar-refractivity contribution < 1.29 is 8.78 Å². The van der Waals surface area contributed by atoms with Crippen LogP contribution in [-0.4, -0.2) is 0 Å². The molecule has 1 atom stereocenters. The van der Waals surface area contributed by atoms with E-state index in [2.05, 4.69) is 21.4 Å². The molecule has 0 radical (unpaired) electrons. The summed E-state index contributed by atoms with van der Waals surface area (Å²) >= 11 is 4.70. The highest BCUT2D eigenvalue weighted by atomic mass is 79.9. The van der Waals surface area contributed by atoms with E-state index >= 15 is 0 Å². The molecule has 1 unspecified atom stereocenters. The van der Waals surface area contributed by atoms with E-state index < -0.39 is 17.7 Å². The first-order valence-electron chi connectivity index (χ1n) is 6.83. The molecule has 0 saturated heterocycles. The Labute approximate surface area is 134 Å². The Morgan fingerprint density at radius 2 is 2.00 bits per heavy atom. The molecule has 0 bridgehead atoms.